The smallest absolute Gasteiger partial charge is 0.486 e. The number of alkyl halides is 3. The van der Waals surface area contributed by atoms with Crippen molar-refractivity contribution in [3.05, 3.63) is 35.5 Å². The third-order valence-electron chi connectivity index (χ3n) is 6.75. The van der Waals surface area contributed by atoms with Gasteiger partial charge in [0.25, 0.3) is 0 Å². The van der Waals surface area contributed by atoms with Crippen molar-refractivity contribution < 1.29 is 47.0 Å². The Morgan fingerprint density at radius 1 is 1.12 bits per heavy atom. The minimum Gasteiger partial charge on any atom is -0.486 e. The molecule has 2 aromatic rings. The molecular formula is C27H37F3N4O7. The second-order valence-electron chi connectivity index (χ2n) is 10.0. The van der Waals surface area contributed by atoms with Gasteiger partial charge in [0, 0.05) is 25.3 Å². The monoisotopic (exact) mass is 586 g/mol. The SMILES string of the molecule is C.O=C(CCCc1nc(C2CC2)no1)N[C@H](CN1CCCC1)[C@H](O)c1ccc2c(c1)OCCO2.O=C(O)C(F)(F)F. The normalized spacial score (nSPS) is 18.0. The maximum Gasteiger partial charge on any atom is 0.490 e. The molecule has 0 spiro atoms. The van der Waals surface area contributed by atoms with Crippen molar-refractivity contribution in [2.75, 3.05) is 32.8 Å². The van der Waals surface area contributed by atoms with E-state index in [0.29, 0.717) is 67.9 Å². The van der Waals surface area contributed by atoms with E-state index in [-0.39, 0.29) is 13.3 Å². The molecule has 3 heterocycles. The van der Waals surface area contributed by atoms with Gasteiger partial charge in [-0.15, -0.1) is 0 Å². The molecule has 1 aromatic heterocycles. The Labute approximate surface area is 236 Å². The summed E-state index contributed by atoms with van der Waals surface area (Å²) < 4.78 is 48.3. The van der Waals surface area contributed by atoms with Crippen molar-refractivity contribution in [2.45, 2.75) is 76.6 Å². The number of hydrogen-bond acceptors (Lipinski definition) is 9. The van der Waals surface area contributed by atoms with Crippen molar-refractivity contribution >= 4 is 11.9 Å². The van der Waals surface area contributed by atoms with Crippen LogP contribution in [0.5, 0.6) is 11.5 Å². The molecule has 5 rings (SSSR count). The number of nitrogens with one attached hydrogen (secondary N) is 1. The van der Waals surface area contributed by atoms with Gasteiger partial charge in [-0.25, -0.2) is 4.79 Å². The van der Waals surface area contributed by atoms with Gasteiger partial charge in [-0.3, -0.25) is 4.79 Å². The Kier molecular flexibility index (Phi) is 11.4. The number of likely N-dealkylation sites (tertiary alicyclic amines) is 1. The van der Waals surface area contributed by atoms with E-state index < -0.39 is 24.3 Å². The Bertz CT molecular complexity index is 1150. The van der Waals surface area contributed by atoms with E-state index >= 15 is 0 Å². The average molecular weight is 587 g/mol. The minimum atomic E-state index is -5.08. The van der Waals surface area contributed by atoms with Gasteiger partial charge in [0.05, 0.1) is 6.04 Å². The Morgan fingerprint density at radius 3 is 2.41 bits per heavy atom. The fourth-order valence-corrected chi connectivity index (χ4v) is 4.50. The fraction of sp³-hybridized carbons (Fsp3) is 0.630. The zero-order valence-corrected chi connectivity index (χ0v) is 21.9. The van der Waals surface area contributed by atoms with Gasteiger partial charge in [-0.05, 0) is 62.9 Å². The number of carboxylic acids is 1. The van der Waals surface area contributed by atoms with E-state index in [9.17, 15) is 23.1 Å². The van der Waals surface area contributed by atoms with Crippen LogP contribution in [0.1, 0.15) is 75.3 Å². The molecule has 0 radical (unpaired) electrons. The van der Waals surface area contributed by atoms with Gasteiger partial charge in [0.15, 0.2) is 17.3 Å². The second kappa shape index (κ2) is 14.5. The van der Waals surface area contributed by atoms with Crippen LogP contribution in [-0.4, -0.2) is 82.2 Å². The summed E-state index contributed by atoms with van der Waals surface area (Å²) in [4.78, 5) is 28.4. The molecule has 2 atom stereocenters. The molecule has 0 unspecified atom stereocenters. The van der Waals surface area contributed by atoms with Crippen molar-refractivity contribution in [3.8, 4) is 11.5 Å². The van der Waals surface area contributed by atoms with E-state index in [1.165, 1.54) is 0 Å². The molecular weight excluding hydrogens is 549 g/mol. The van der Waals surface area contributed by atoms with Crippen LogP contribution >= 0.6 is 0 Å². The zero-order chi connectivity index (χ0) is 28.7. The Morgan fingerprint density at radius 2 is 1.78 bits per heavy atom. The third-order valence-corrected chi connectivity index (χ3v) is 6.75. The Balaban J connectivity index is 0.000000516. The summed E-state index contributed by atoms with van der Waals surface area (Å²) in [6, 6.07) is 5.06. The number of carboxylic acid groups (broad SMARTS) is 1. The fourth-order valence-electron chi connectivity index (χ4n) is 4.50. The minimum absolute atomic E-state index is 0. The molecule has 1 aromatic carbocycles. The number of fused-ring (bicyclic) bond motifs is 1. The first-order valence-corrected chi connectivity index (χ1v) is 13.3. The first kappa shape index (κ1) is 32.1. The number of aliphatic hydroxyl groups is 1. The highest BCUT2D eigenvalue weighted by Crippen LogP contribution is 2.38. The van der Waals surface area contributed by atoms with E-state index in [0.717, 1.165) is 44.6 Å². The van der Waals surface area contributed by atoms with Gasteiger partial charge in [-0.1, -0.05) is 18.6 Å². The molecule has 228 valence electrons. The first-order valence-electron chi connectivity index (χ1n) is 13.3. The first-order chi connectivity index (χ1) is 19.1. The predicted octanol–water partition coefficient (Wildman–Crippen LogP) is 3.62. The number of amides is 1. The topological polar surface area (TPSA) is 147 Å². The van der Waals surface area contributed by atoms with Gasteiger partial charge in [-0.2, -0.15) is 18.2 Å². The summed E-state index contributed by atoms with van der Waals surface area (Å²) in [5.41, 5.74) is 0.710. The molecule has 1 amide bonds. The van der Waals surface area contributed by atoms with E-state index in [1.54, 1.807) is 0 Å². The highest BCUT2D eigenvalue weighted by molar-refractivity contribution is 5.76. The van der Waals surface area contributed by atoms with Crippen molar-refractivity contribution in [1.82, 2.24) is 20.4 Å². The number of aliphatic carboxylic acids is 1. The third kappa shape index (κ3) is 9.59. The van der Waals surface area contributed by atoms with Crippen LogP contribution in [0.3, 0.4) is 0 Å². The summed E-state index contributed by atoms with van der Waals surface area (Å²) in [5, 5.41) is 25.4. The molecule has 14 heteroatoms. The van der Waals surface area contributed by atoms with E-state index in [1.807, 2.05) is 18.2 Å². The lowest BCUT2D eigenvalue weighted by Gasteiger charge is -2.29. The number of ether oxygens (including phenoxy) is 2. The van der Waals surface area contributed by atoms with Gasteiger partial charge in [0.2, 0.25) is 11.8 Å². The second-order valence-corrected chi connectivity index (χ2v) is 10.0. The average Bonchev–Trinajstić information content (AvgIpc) is 3.44. The lowest BCUT2D eigenvalue weighted by Crippen LogP contribution is -2.46. The molecule has 1 saturated heterocycles. The lowest BCUT2D eigenvalue weighted by molar-refractivity contribution is -0.192. The van der Waals surface area contributed by atoms with Crippen LogP contribution in [0.25, 0.3) is 0 Å². The van der Waals surface area contributed by atoms with Crippen LogP contribution < -0.4 is 14.8 Å². The largest absolute Gasteiger partial charge is 0.490 e. The summed E-state index contributed by atoms with van der Waals surface area (Å²) in [7, 11) is 0. The molecule has 0 bridgehead atoms. The van der Waals surface area contributed by atoms with Crippen LogP contribution in [0.4, 0.5) is 13.2 Å². The van der Waals surface area contributed by atoms with Gasteiger partial charge < -0.3 is 34.4 Å². The number of aryl methyl sites for hydroxylation is 1. The van der Waals surface area contributed by atoms with Crippen LogP contribution in [-0.2, 0) is 16.0 Å². The predicted molar refractivity (Wildman–Crippen MR) is 140 cm³/mol. The summed E-state index contributed by atoms with van der Waals surface area (Å²) >= 11 is 0. The molecule has 1 aliphatic carbocycles. The van der Waals surface area contributed by atoms with Crippen LogP contribution in [0.15, 0.2) is 22.7 Å². The number of rotatable bonds is 10. The zero-order valence-electron chi connectivity index (χ0n) is 21.9. The van der Waals surface area contributed by atoms with E-state index in [2.05, 4.69) is 20.4 Å². The molecule has 2 fully saturated rings. The number of hydrogen-bond donors (Lipinski definition) is 3. The number of benzene rings is 1. The molecule has 2 aliphatic heterocycles. The molecule has 41 heavy (non-hydrogen) atoms. The van der Waals surface area contributed by atoms with Gasteiger partial charge in [0.1, 0.15) is 19.3 Å². The number of aliphatic hydroxyl groups excluding tert-OH is 1. The highest BCUT2D eigenvalue weighted by atomic mass is 19.4. The number of halogens is 3. The maximum absolute atomic E-state index is 12.8. The van der Waals surface area contributed by atoms with Crippen molar-refractivity contribution in [2.24, 2.45) is 0 Å². The Hall–Kier alpha value is -3.39. The number of carbonyl (C=O) groups is 2. The molecule has 11 nitrogen and oxygen atoms in total. The van der Waals surface area contributed by atoms with Crippen LogP contribution in [0.2, 0.25) is 0 Å². The van der Waals surface area contributed by atoms with Crippen LogP contribution in [0, 0.1) is 0 Å². The molecule has 1 saturated carbocycles. The summed E-state index contributed by atoms with van der Waals surface area (Å²) in [6.07, 6.45) is 0.162. The number of aromatic nitrogens is 2. The molecule has 3 aliphatic rings. The summed E-state index contributed by atoms with van der Waals surface area (Å²) in [6.45, 7) is 3.59. The van der Waals surface area contributed by atoms with Crippen molar-refractivity contribution in [1.29, 1.82) is 0 Å². The van der Waals surface area contributed by atoms with E-state index in [4.69, 9.17) is 23.9 Å². The van der Waals surface area contributed by atoms with Crippen molar-refractivity contribution in [3.63, 3.8) is 0 Å². The quantitative estimate of drug-likeness (QED) is 0.377. The number of carbonyl (C=O) groups excluding carboxylic acids is 1. The van der Waals surface area contributed by atoms with Gasteiger partial charge >= 0.3 is 12.1 Å². The summed E-state index contributed by atoms with van der Waals surface area (Å²) in [5.74, 6) is 0.319. The lowest BCUT2D eigenvalue weighted by atomic mass is 10.0. The highest BCUT2D eigenvalue weighted by Gasteiger charge is 2.38. The number of nitrogens with zero attached hydrogens (tertiary/aromatic N) is 3. The molecule has 3 N–H and O–H groups in total. The maximum atomic E-state index is 12.8. The standard InChI is InChI=1S/C24H32N4O5.C2HF3O2.CH4/c29-21(4-3-5-22-26-24(27-33-22)16-6-7-16)25-18(15-28-10-1-2-11-28)23(30)17-8-9-19-20(14-17)32-13-12-31-19;3-2(4,5)1(6)7;/h8-9,14,16,18,23,30H,1-7,10-13,15H2,(H,25,29);(H,6,7);1H4/t18-,23-;;/m1../s1.